The molecule has 2 N–H and O–H groups in total. The van der Waals surface area contributed by atoms with E-state index in [1.165, 1.54) is 7.11 Å². The molecule has 1 aromatic heterocycles. The fraction of sp³-hybridized carbons (Fsp3) is 0.250. The molecule has 1 unspecified atom stereocenters. The lowest BCUT2D eigenvalue weighted by molar-refractivity contribution is -0.148. The van der Waals surface area contributed by atoms with E-state index in [1.54, 1.807) is 18.2 Å². The van der Waals surface area contributed by atoms with Crippen molar-refractivity contribution < 1.29 is 19.1 Å². The van der Waals surface area contributed by atoms with Gasteiger partial charge >= 0.3 is 5.97 Å². The Kier molecular flexibility index (Phi) is 5.71. The van der Waals surface area contributed by atoms with Gasteiger partial charge in [0.2, 0.25) is 5.91 Å². The summed E-state index contributed by atoms with van der Waals surface area (Å²) in [6.45, 7) is 1.84. The molecule has 7 heteroatoms. The average molecular weight is 367 g/mol. The van der Waals surface area contributed by atoms with E-state index in [2.05, 4.69) is 15.5 Å². The highest BCUT2D eigenvalue weighted by atomic mass is 16.6. The van der Waals surface area contributed by atoms with Gasteiger partial charge in [0.05, 0.1) is 19.0 Å². The first kappa shape index (κ1) is 18.4. The molecule has 3 aromatic rings. The molecule has 1 heterocycles. The third-order valence-electron chi connectivity index (χ3n) is 4.11. The smallest absolute Gasteiger partial charge is 0.347 e. The summed E-state index contributed by atoms with van der Waals surface area (Å²) in [5, 5.41) is 10.6. The van der Waals surface area contributed by atoms with Crippen molar-refractivity contribution in [2.75, 3.05) is 12.4 Å². The Hall–Kier alpha value is -3.35. The Bertz CT molecular complexity index is 937. The van der Waals surface area contributed by atoms with Crippen molar-refractivity contribution in [1.29, 1.82) is 0 Å². The summed E-state index contributed by atoms with van der Waals surface area (Å²) >= 11 is 0. The molecule has 3 rings (SSSR count). The highest BCUT2D eigenvalue weighted by Gasteiger charge is 2.19. The maximum Gasteiger partial charge on any atom is 0.347 e. The number of H-pyrrole nitrogens is 1. The second-order valence-corrected chi connectivity index (χ2v) is 6.03. The van der Waals surface area contributed by atoms with Crippen LogP contribution in [0.2, 0.25) is 0 Å². The van der Waals surface area contributed by atoms with Crippen molar-refractivity contribution in [3.63, 3.8) is 0 Å². The molecule has 0 saturated carbocycles. The predicted octanol–water partition coefficient (Wildman–Crippen LogP) is 3.07. The van der Waals surface area contributed by atoms with Crippen molar-refractivity contribution in [2.24, 2.45) is 0 Å². The van der Waals surface area contributed by atoms with Crippen LogP contribution in [0.25, 0.3) is 10.9 Å². The zero-order chi connectivity index (χ0) is 19.2. The molecule has 140 valence electrons. The van der Waals surface area contributed by atoms with Crippen LogP contribution in [-0.2, 0) is 20.7 Å². The van der Waals surface area contributed by atoms with Crippen molar-refractivity contribution in [1.82, 2.24) is 10.2 Å². The maximum atomic E-state index is 12.2. The molecule has 0 bridgehead atoms. The summed E-state index contributed by atoms with van der Waals surface area (Å²) in [6.07, 6.45) is 0.0998. The van der Waals surface area contributed by atoms with Crippen LogP contribution >= 0.6 is 0 Å². The van der Waals surface area contributed by atoms with Gasteiger partial charge in [0, 0.05) is 11.5 Å². The normalized spacial score (nSPS) is 11.8. The van der Waals surface area contributed by atoms with Crippen LogP contribution in [0.3, 0.4) is 0 Å². The maximum absolute atomic E-state index is 12.2. The predicted molar refractivity (Wildman–Crippen MR) is 102 cm³/mol. The van der Waals surface area contributed by atoms with Crippen LogP contribution < -0.4 is 10.1 Å². The molecule has 1 atom stereocenters. The van der Waals surface area contributed by atoms with Gasteiger partial charge in [0.1, 0.15) is 5.75 Å². The fourth-order valence-corrected chi connectivity index (χ4v) is 2.72. The largest absolute Gasteiger partial charge is 0.479 e. The van der Waals surface area contributed by atoms with Crippen LogP contribution in [0.5, 0.6) is 5.75 Å². The highest BCUT2D eigenvalue weighted by molar-refractivity contribution is 6.00. The van der Waals surface area contributed by atoms with Gasteiger partial charge in [-0.05, 0) is 24.1 Å². The van der Waals surface area contributed by atoms with Gasteiger partial charge in [0.25, 0.3) is 0 Å². The van der Waals surface area contributed by atoms with E-state index < -0.39 is 12.1 Å². The number of hydrogen-bond donors (Lipinski definition) is 2. The molecular weight excluding hydrogens is 346 g/mol. The first-order valence-corrected chi connectivity index (χ1v) is 8.67. The lowest BCUT2D eigenvalue weighted by Gasteiger charge is -2.15. The molecule has 0 saturated heterocycles. The van der Waals surface area contributed by atoms with Crippen LogP contribution in [-0.4, -0.2) is 35.3 Å². The van der Waals surface area contributed by atoms with Crippen LogP contribution in [0.1, 0.15) is 18.9 Å². The number of rotatable bonds is 7. The number of carbonyl (C=O) groups excluding carboxylic acids is 2. The number of carbonyl (C=O) groups is 2. The Labute approximate surface area is 156 Å². The number of nitrogens with zero attached hydrogens (tertiary/aromatic N) is 1. The molecule has 0 aliphatic heterocycles. The minimum absolute atomic E-state index is 0.147. The molecule has 0 aliphatic rings. The zero-order valence-corrected chi connectivity index (χ0v) is 15.2. The molecular formula is C20H21N3O4. The van der Waals surface area contributed by atoms with Crippen molar-refractivity contribution in [2.45, 2.75) is 25.9 Å². The summed E-state index contributed by atoms with van der Waals surface area (Å²) < 4.78 is 10.4. The van der Waals surface area contributed by atoms with E-state index in [0.29, 0.717) is 23.5 Å². The van der Waals surface area contributed by atoms with Gasteiger partial charge in [-0.2, -0.15) is 5.10 Å². The van der Waals surface area contributed by atoms with E-state index in [1.807, 2.05) is 37.3 Å². The molecule has 0 aliphatic carbocycles. The molecule has 1 amide bonds. The van der Waals surface area contributed by atoms with Crippen LogP contribution in [0.15, 0.2) is 48.5 Å². The van der Waals surface area contributed by atoms with Gasteiger partial charge < -0.3 is 14.8 Å². The Balaban J connectivity index is 1.71. The number of methoxy groups -OCH3 is 1. The summed E-state index contributed by atoms with van der Waals surface area (Å²) in [5.74, 6) is 0.408. The van der Waals surface area contributed by atoms with Crippen molar-refractivity contribution in [3.05, 3.63) is 54.1 Å². The number of nitrogens with one attached hydrogen (secondary N) is 2. The molecule has 2 aromatic carbocycles. The van der Waals surface area contributed by atoms with E-state index in [0.717, 1.165) is 10.9 Å². The third kappa shape index (κ3) is 4.44. The van der Waals surface area contributed by atoms with Crippen molar-refractivity contribution >= 4 is 28.6 Å². The zero-order valence-electron chi connectivity index (χ0n) is 15.2. The molecule has 7 nitrogen and oxygen atoms in total. The van der Waals surface area contributed by atoms with Gasteiger partial charge in [-0.1, -0.05) is 37.3 Å². The highest BCUT2D eigenvalue weighted by Crippen LogP contribution is 2.26. The monoisotopic (exact) mass is 367 g/mol. The summed E-state index contributed by atoms with van der Waals surface area (Å²) in [4.78, 5) is 23.9. The second kappa shape index (κ2) is 8.35. The number of benzene rings is 2. The van der Waals surface area contributed by atoms with Crippen LogP contribution in [0, 0.1) is 0 Å². The van der Waals surface area contributed by atoms with E-state index in [-0.39, 0.29) is 12.3 Å². The topological polar surface area (TPSA) is 93.3 Å². The number of fused-ring (bicyclic) bond motifs is 1. The molecule has 0 spiro atoms. The molecule has 0 radical (unpaired) electrons. The number of esters is 1. The lowest BCUT2D eigenvalue weighted by atomic mass is 10.1. The number of anilines is 1. The quantitative estimate of drug-likeness (QED) is 0.626. The SMILES string of the molecule is CCC(Oc1ccc2c(NC(=O)Cc3ccccc3)n[nH]c2c1)C(=O)OC. The molecule has 27 heavy (non-hydrogen) atoms. The van der Waals surface area contributed by atoms with E-state index in [9.17, 15) is 9.59 Å². The van der Waals surface area contributed by atoms with Crippen LogP contribution in [0.4, 0.5) is 5.82 Å². The summed E-state index contributed by atoms with van der Waals surface area (Å²) in [6, 6.07) is 14.8. The summed E-state index contributed by atoms with van der Waals surface area (Å²) in [5.41, 5.74) is 1.63. The third-order valence-corrected chi connectivity index (χ3v) is 4.11. The number of aromatic amines is 1. The Morgan fingerprint density at radius 3 is 2.67 bits per heavy atom. The van der Waals surface area contributed by atoms with E-state index in [4.69, 9.17) is 9.47 Å². The van der Waals surface area contributed by atoms with Gasteiger partial charge in [-0.3, -0.25) is 9.89 Å². The number of aromatic nitrogens is 2. The minimum atomic E-state index is -0.666. The Morgan fingerprint density at radius 2 is 1.96 bits per heavy atom. The van der Waals surface area contributed by atoms with Crippen molar-refractivity contribution in [3.8, 4) is 5.75 Å². The first-order chi connectivity index (χ1) is 13.1. The van der Waals surface area contributed by atoms with Gasteiger partial charge in [-0.25, -0.2) is 4.79 Å². The van der Waals surface area contributed by atoms with E-state index >= 15 is 0 Å². The Morgan fingerprint density at radius 1 is 1.19 bits per heavy atom. The molecule has 0 fully saturated rings. The second-order valence-electron chi connectivity index (χ2n) is 6.03. The summed E-state index contributed by atoms with van der Waals surface area (Å²) in [7, 11) is 1.33. The van der Waals surface area contributed by atoms with Gasteiger partial charge in [-0.15, -0.1) is 0 Å². The first-order valence-electron chi connectivity index (χ1n) is 8.67. The minimum Gasteiger partial charge on any atom is -0.479 e. The number of ether oxygens (including phenoxy) is 2. The fourth-order valence-electron chi connectivity index (χ4n) is 2.72. The lowest BCUT2D eigenvalue weighted by Crippen LogP contribution is -2.27. The average Bonchev–Trinajstić information content (AvgIpc) is 3.08. The van der Waals surface area contributed by atoms with Gasteiger partial charge in [0.15, 0.2) is 11.9 Å². The number of hydrogen-bond acceptors (Lipinski definition) is 5. The number of amides is 1. The standard InChI is InChI=1S/C20H21N3O4/c1-3-17(20(25)26-2)27-14-9-10-15-16(12-14)22-23-19(15)21-18(24)11-13-7-5-4-6-8-13/h4-10,12,17H,3,11H2,1-2H3,(H2,21,22,23,24).